The normalized spacial score (nSPS) is 15.5. The van der Waals surface area contributed by atoms with Crippen molar-refractivity contribution in [1.82, 2.24) is 20.9 Å². The van der Waals surface area contributed by atoms with E-state index in [4.69, 9.17) is 9.15 Å². The number of aliphatic imine (C=N–C) groups is 1. The van der Waals surface area contributed by atoms with Crippen molar-refractivity contribution in [2.75, 3.05) is 59.0 Å². The molecule has 2 heterocycles. The molecule has 1 saturated heterocycles. The van der Waals surface area contributed by atoms with Gasteiger partial charge in [0.15, 0.2) is 5.96 Å². The van der Waals surface area contributed by atoms with Crippen LogP contribution in [-0.2, 0) is 16.0 Å². The van der Waals surface area contributed by atoms with E-state index in [1.807, 2.05) is 12.1 Å². The van der Waals surface area contributed by atoms with Gasteiger partial charge in [-0.2, -0.15) is 0 Å². The Kier molecular flexibility index (Phi) is 10.4. The first-order valence-electron chi connectivity index (χ1n) is 9.83. The van der Waals surface area contributed by atoms with Crippen molar-refractivity contribution >= 4 is 11.9 Å². The Morgan fingerprint density at radius 3 is 2.67 bits per heavy atom. The van der Waals surface area contributed by atoms with Crippen LogP contribution in [0.3, 0.4) is 0 Å². The number of amides is 1. The molecule has 3 N–H and O–H groups in total. The summed E-state index contributed by atoms with van der Waals surface area (Å²) >= 11 is 0. The van der Waals surface area contributed by atoms with Crippen LogP contribution < -0.4 is 16.0 Å². The van der Waals surface area contributed by atoms with E-state index in [0.717, 1.165) is 76.9 Å². The number of guanidine groups is 1. The molecule has 8 heteroatoms. The topological polar surface area (TPSA) is 91.1 Å². The van der Waals surface area contributed by atoms with Crippen LogP contribution in [0.5, 0.6) is 0 Å². The number of nitrogens with zero attached hydrogens (tertiary/aromatic N) is 2. The summed E-state index contributed by atoms with van der Waals surface area (Å²) in [6.45, 7) is 9.25. The second-order valence-electron chi connectivity index (χ2n) is 6.56. The fourth-order valence-electron chi connectivity index (χ4n) is 2.80. The molecule has 0 radical (unpaired) electrons. The molecule has 0 atom stereocenters. The molecule has 1 aliphatic rings. The van der Waals surface area contributed by atoms with Crippen molar-refractivity contribution < 1.29 is 13.9 Å². The Morgan fingerprint density at radius 1 is 1.15 bits per heavy atom. The zero-order valence-corrected chi connectivity index (χ0v) is 16.3. The molecule has 0 spiro atoms. The molecule has 8 nitrogen and oxygen atoms in total. The number of ether oxygens (including phenoxy) is 1. The number of furan rings is 1. The molecule has 0 bridgehead atoms. The van der Waals surface area contributed by atoms with E-state index >= 15 is 0 Å². The minimum Gasteiger partial charge on any atom is -0.469 e. The van der Waals surface area contributed by atoms with Gasteiger partial charge in [-0.05, 0) is 31.5 Å². The summed E-state index contributed by atoms with van der Waals surface area (Å²) in [5, 5.41) is 9.55. The first-order valence-corrected chi connectivity index (χ1v) is 9.83. The van der Waals surface area contributed by atoms with Crippen LogP contribution >= 0.6 is 0 Å². The average molecular weight is 380 g/mol. The van der Waals surface area contributed by atoms with Crippen molar-refractivity contribution in [3.8, 4) is 0 Å². The van der Waals surface area contributed by atoms with Gasteiger partial charge in [-0.25, -0.2) is 0 Å². The zero-order chi connectivity index (χ0) is 19.2. The highest BCUT2D eigenvalue weighted by molar-refractivity contribution is 5.79. The molecule has 1 aromatic rings. The highest BCUT2D eigenvalue weighted by Gasteiger charge is 2.09. The van der Waals surface area contributed by atoms with Gasteiger partial charge in [-0.15, -0.1) is 0 Å². The van der Waals surface area contributed by atoms with Gasteiger partial charge in [-0.3, -0.25) is 14.7 Å². The summed E-state index contributed by atoms with van der Waals surface area (Å²) < 4.78 is 10.7. The van der Waals surface area contributed by atoms with Crippen molar-refractivity contribution in [1.29, 1.82) is 0 Å². The van der Waals surface area contributed by atoms with Gasteiger partial charge in [0, 0.05) is 52.6 Å². The highest BCUT2D eigenvalue weighted by Crippen LogP contribution is 1.99. The molecule has 1 aromatic heterocycles. The van der Waals surface area contributed by atoms with Crippen LogP contribution in [0.4, 0.5) is 0 Å². The minimum absolute atomic E-state index is 0.00277. The van der Waals surface area contributed by atoms with Gasteiger partial charge in [0.2, 0.25) is 5.91 Å². The van der Waals surface area contributed by atoms with Gasteiger partial charge < -0.3 is 25.1 Å². The molecule has 27 heavy (non-hydrogen) atoms. The second kappa shape index (κ2) is 13.2. The quantitative estimate of drug-likeness (QED) is 0.296. The molecule has 1 fully saturated rings. The van der Waals surface area contributed by atoms with Gasteiger partial charge in [0.25, 0.3) is 0 Å². The lowest BCUT2D eigenvalue weighted by molar-refractivity contribution is -0.118. The monoisotopic (exact) mass is 379 g/mol. The van der Waals surface area contributed by atoms with E-state index in [2.05, 4.69) is 25.8 Å². The van der Waals surface area contributed by atoms with Crippen molar-refractivity contribution in [3.05, 3.63) is 24.2 Å². The highest BCUT2D eigenvalue weighted by atomic mass is 16.5. The lowest BCUT2D eigenvalue weighted by Gasteiger charge is -2.26. The molecule has 1 aliphatic heterocycles. The number of hydrogen-bond acceptors (Lipinski definition) is 5. The molecule has 0 aliphatic carbocycles. The molecule has 152 valence electrons. The molecule has 2 rings (SSSR count). The molecular weight excluding hydrogens is 346 g/mol. The average Bonchev–Trinajstić information content (AvgIpc) is 3.18. The number of hydrogen-bond donors (Lipinski definition) is 3. The summed E-state index contributed by atoms with van der Waals surface area (Å²) in [7, 11) is 0. The minimum atomic E-state index is -0.00277. The fourth-order valence-corrected chi connectivity index (χ4v) is 2.80. The van der Waals surface area contributed by atoms with Gasteiger partial charge >= 0.3 is 0 Å². The van der Waals surface area contributed by atoms with Crippen molar-refractivity contribution in [3.63, 3.8) is 0 Å². The van der Waals surface area contributed by atoms with Crippen molar-refractivity contribution in [2.24, 2.45) is 4.99 Å². The third-order valence-corrected chi connectivity index (χ3v) is 4.27. The van der Waals surface area contributed by atoms with Crippen LogP contribution in [-0.4, -0.2) is 75.8 Å². The van der Waals surface area contributed by atoms with E-state index in [1.165, 1.54) is 6.92 Å². The molecule has 0 unspecified atom stereocenters. The van der Waals surface area contributed by atoms with Gasteiger partial charge in [0.1, 0.15) is 5.76 Å². The standard InChI is InChI=1S/C19H33N5O3/c1-17(25)20-7-3-8-21-19(23-10-6-18-5-2-14-27-18)22-9-4-11-24-12-15-26-16-13-24/h2,5,14H,3-4,6-13,15-16H2,1H3,(H,20,25)(H2,21,22,23). The Hall–Kier alpha value is -2.06. The zero-order valence-electron chi connectivity index (χ0n) is 16.3. The summed E-state index contributed by atoms with van der Waals surface area (Å²) in [5.41, 5.74) is 0. The molecule has 0 aromatic carbocycles. The van der Waals surface area contributed by atoms with E-state index < -0.39 is 0 Å². The van der Waals surface area contributed by atoms with E-state index in [0.29, 0.717) is 13.1 Å². The number of carbonyl (C=O) groups is 1. The van der Waals surface area contributed by atoms with Gasteiger partial charge in [-0.1, -0.05) is 0 Å². The van der Waals surface area contributed by atoms with Crippen LogP contribution in [0, 0.1) is 0 Å². The predicted molar refractivity (Wildman–Crippen MR) is 106 cm³/mol. The maximum absolute atomic E-state index is 10.9. The first kappa shape index (κ1) is 21.2. The molecule has 1 amide bonds. The van der Waals surface area contributed by atoms with Crippen LogP contribution in [0.25, 0.3) is 0 Å². The second-order valence-corrected chi connectivity index (χ2v) is 6.56. The Labute approximate surface area is 161 Å². The van der Waals surface area contributed by atoms with E-state index in [9.17, 15) is 4.79 Å². The summed E-state index contributed by atoms with van der Waals surface area (Å²) in [6, 6.07) is 3.87. The maximum atomic E-state index is 10.9. The summed E-state index contributed by atoms with van der Waals surface area (Å²) in [6.07, 6.45) is 4.38. The number of carbonyl (C=O) groups excluding carboxylic acids is 1. The van der Waals surface area contributed by atoms with E-state index in [-0.39, 0.29) is 5.91 Å². The lowest BCUT2D eigenvalue weighted by Crippen LogP contribution is -2.41. The molecule has 0 saturated carbocycles. The maximum Gasteiger partial charge on any atom is 0.216 e. The fraction of sp³-hybridized carbons (Fsp3) is 0.684. The van der Waals surface area contributed by atoms with Gasteiger partial charge in [0.05, 0.1) is 19.5 Å². The largest absolute Gasteiger partial charge is 0.469 e. The predicted octanol–water partition coefficient (Wildman–Crippen LogP) is 0.606. The Balaban J connectivity index is 1.67. The van der Waals surface area contributed by atoms with Crippen molar-refractivity contribution in [2.45, 2.75) is 26.2 Å². The Bertz CT molecular complexity index is 542. The summed E-state index contributed by atoms with van der Waals surface area (Å²) in [5.74, 6) is 1.77. The third-order valence-electron chi connectivity index (χ3n) is 4.27. The smallest absolute Gasteiger partial charge is 0.216 e. The SMILES string of the molecule is CC(=O)NCCCN=C(NCCCN1CCOCC1)NCCc1ccco1. The molecular formula is C19H33N5O3. The first-order chi connectivity index (χ1) is 13.2. The number of rotatable bonds is 11. The number of nitrogens with one attached hydrogen (secondary N) is 3. The lowest BCUT2D eigenvalue weighted by atomic mass is 10.3. The van der Waals surface area contributed by atoms with Crippen LogP contribution in [0.15, 0.2) is 27.8 Å². The van der Waals surface area contributed by atoms with E-state index in [1.54, 1.807) is 6.26 Å². The Morgan fingerprint density at radius 2 is 1.93 bits per heavy atom. The van der Waals surface area contributed by atoms with Crippen LogP contribution in [0.2, 0.25) is 0 Å². The van der Waals surface area contributed by atoms with Crippen LogP contribution in [0.1, 0.15) is 25.5 Å². The third kappa shape index (κ3) is 10.0. The summed E-state index contributed by atoms with van der Waals surface area (Å²) in [4.78, 5) is 17.9. The number of morpholine rings is 1.